The molecule has 0 saturated carbocycles. The fraction of sp³-hybridized carbons (Fsp3) is 0.591. The topological polar surface area (TPSA) is 18.5 Å². The second-order valence-electron chi connectivity index (χ2n) is 7.42. The van der Waals surface area contributed by atoms with Crippen LogP contribution < -0.4 is 0 Å². The van der Waals surface area contributed by atoms with Crippen molar-refractivity contribution in [2.24, 2.45) is 5.92 Å². The SMILES string of the molecule is C1=C(O[C](OC2=CCCC2)C(C2=CCCC2)C2=CCCC2)CCC1. The Morgan fingerprint density at radius 1 is 0.625 bits per heavy atom. The van der Waals surface area contributed by atoms with Crippen LogP contribution in [0.2, 0.25) is 0 Å². The van der Waals surface area contributed by atoms with Crippen LogP contribution in [0.4, 0.5) is 0 Å². The molecule has 0 heterocycles. The van der Waals surface area contributed by atoms with Crippen molar-refractivity contribution in [3.05, 3.63) is 53.3 Å². The van der Waals surface area contributed by atoms with Crippen molar-refractivity contribution in [3.63, 3.8) is 0 Å². The van der Waals surface area contributed by atoms with Gasteiger partial charge in [0.1, 0.15) is 0 Å². The first-order valence-corrected chi connectivity index (χ1v) is 9.88. The first kappa shape index (κ1) is 16.1. The molecular weight excluding hydrogens is 296 g/mol. The van der Waals surface area contributed by atoms with Gasteiger partial charge in [0, 0.05) is 12.8 Å². The highest BCUT2D eigenvalue weighted by Gasteiger charge is 2.37. The molecule has 0 fully saturated rings. The zero-order valence-corrected chi connectivity index (χ0v) is 14.7. The molecule has 0 saturated heterocycles. The zero-order chi connectivity index (χ0) is 16.2. The Balaban J connectivity index is 1.59. The lowest BCUT2D eigenvalue weighted by Gasteiger charge is -2.29. The average molecular weight is 325 g/mol. The van der Waals surface area contributed by atoms with Gasteiger partial charge in [-0.1, -0.05) is 23.3 Å². The summed E-state index contributed by atoms with van der Waals surface area (Å²) in [7, 11) is 0. The van der Waals surface area contributed by atoms with E-state index < -0.39 is 0 Å². The number of allylic oxidation sites excluding steroid dienone is 6. The molecular formula is C22H29O2. The van der Waals surface area contributed by atoms with Crippen LogP contribution in [0, 0.1) is 12.2 Å². The third-order valence-corrected chi connectivity index (χ3v) is 5.59. The molecule has 24 heavy (non-hydrogen) atoms. The van der Waals surface area contributed by atoms with E-state index in [0.29, 0.717) is 0 Å². The van der Waals surface area contributed by atoms with Crippen molar-refractivity contribution >= 4 is 0 Å². The number of hydrogen-bond donors (Lipinski definition) is 0. The molecule has 0 N–H and O–H groups in total. The molecule has 2 nitrogen and oxygen atoms in total. The molecule has 1 radical (unpaired) electrons. The van der Waals surface area contributed by atoms with E-state index in [1.54, 1.807) is 0 Å². The van der Waals surface area contributed by atoms with E-state index in [1.807, 2.05) is 0 Å². The third-order valence-electron chi connectivity index (χ3n) is 5.59. The number of hydrogen-bond acceptors (Lipinski definition) is 2. The van der Waals surface area contributed by atoms with E-state index in [4.69, 9.17) is 9.47 Å². The van der Waals surface area contributed by atoms with Crippen molar-refractivity contribution in [3.8, 4) is 0 Å². The highest BCUT2D eigenvalue weighted by atomic mass is 16.7. The maximum absolute atomic E-state index is 6.39. The van der Waals surface area contributed by atoms with Crippen molar-refractivity contribution in [2.75, 3.05) is 0 Å². The molecule has 0 amide bonds. The fourth-order valence-corrected chi connectivity index (χ4v) is 4.32. The van der Waals surface area contributed by atoms with Gasteiger partial charge in [0.15, 0.2) is 0 Å². The van der Waals surface area contributed by atoms with Gasteiger partial charge in [-0.25, -0.2) is 0 Å². The van der Waals surface area contributed by atoms with Crippen LogP contribution in [-0.4, -0.2) is 0 Å². The molecule has 0 aromatic carbocycles. The summed E-state index contributed by atoms with van der Waals surface area (Å²) in [5.41, 5.74) is 3.05. The van der Waals surface area contributed by atoms with Gasteiger partial charge >= 0.3 is 6.29 Å². The Bertz CT molecular complexity index is 529. The molecule has 0 unspecified atom stereocenters. The van der Waals surface area contributed by atoms with Gasteiger partial charge in [0.25, 0.3) is 0 Å². The maximum Gasteiger partial charge on any atom is 0.340 e. The van der Waals surface area contributed by atoms with Crippen LogP contribution in [0.25, 0.3) is 0 Å². The van der Waals surface area contributed by atoms with Crippen molar-refractivity contribution in [2.45, 2.75) is 77.0 Å². The Hall–Kier alpha value is -1.44. The summed E-state index contributed by atoms with van der Waals surface area (Å²) in [5, 5.41) is 0. The van der Waals surface area contributed by atoms with Crippen molar-refractivity contribution < 1.29 is 9.47 Å². The Morgan fingerprint density at radius 3 is 1.46 bits per heavy atom. The molecule has 0 atom stereocenters. The van der Waals surface area contributed by atoms with Crippen LogP contribution in [0.15, 0.2) is 47.0 Å². The predicted octanol–water partition coefficient (Wildman–Crippen LogP) is 6.48. The van der Waals surface area contributed by atoms with Gasteiger partial charge in [-0.15, -0.1) is 0 Å². The smallest absolute Gasteiger partial charge is 0.340 e. The minimum Gasteiger partial charge on any atom is -0.450 e. The Morgan fingerprint density at radius 2 is 1.08 bits per heavy atom. The highest BCUT2D eigenvalue weighted by Crippen LogP contribution is 2.44. The molecule has 2 heteroatoms. The van der Waals surface area contributed by atoms with E-state index in [0.717, 1.165) is 43.5 Å². The lowest BCUT2D eigenvalue weighted by molar-refractivity contribution is -0.00500. The standard InChI is InChI=1S/C22H29O2/c1-2-10-17(9-1)21(18-11-3-4-12-18)22(23-19-13-5-6-14-19)24-20-15-7-8-16-20/h9,11,13,15,21H,1-8,10,12,14,16H2. The van der Waals surface area contributed by atoms with Gasteiger partial charge in [-0.3, -0.25) is 0 Å². The summed E-state index contributed by atoms with van der Waals surface area (Å²) in [4.78, 5) is 0. The monoisotopic (exact) mass is 325 g/mol. The first-order valence-electron chi connectivity index (χ1n) is 9.88. The summed E-state index contributed by atoms with van der Waals surface area (Å²) < 4.78 is 12.8. The van der Waals surface area contributed by atoms with E-state index in [1.165, 1.54) is 62.5 Å². The van der Waals surface area contributed by atoms with Gasteiger partial charge in [0.05, 0.1) is 17.4 Å². The maximum atomic E-state index is 6.39. The molecule has 0 bridgehead atoms. The van der Waals surface area contributed by atoms with Gasteiger partial charge < -0.3 is 9.47 Å². The average Bonchev–Trinajstić information content (AvgIpc) is 3.38. The highest BCUT2D eigenvalue weighted by molar-refractivity contribution is 5.31. The summed E-state index contributed by atoms with van der Waals surface area (Å²) in [6, 6.07) is 0. The summed E-state index contributed by atoms with van der Waals surface area (Å²) in [6.45, 7) is 0. The number of ether oxygens (including phenoxy) is 2. The second-order valence-corrected chi connectivity index (χ2v) is 7.42. The fourth-order valence-electron chi connectivity index (χ4n) is 4.32. The van der Waals surface area contributed by atoms with Gasteiger partial charge in [-0.05, 0) is 76.4 Å². The predicted molar refractivity (Wildman–Crippen MR) is 96.6 cm³/mol. The van der Waals surface area contributed by atoms with E-state index in [-0.39, 0.29) is 5.92 Å². The lowest BCUT2D eigenvalue weighted by atomic mass is 9.89. The van der Waals surface area contributed by atoms with Gasteiger partial charge in [0.2, 0.25) is 0 Å². The van der Waals surface area contributed by atoms with E-state index in [2.05, 4.69) is 24.3 Å². The van der Waals surface area contributed by atoms with Crippen LogP contribution in [0.5, 0.6) is 0 Å². The molecule has 4 rings (SSSR count). The molecule has 129 valence electrons. The summed E-state index contributed by atoms with van der Waals surface area (Å²) in [5.74, 6) is 2.48. The molecule has 0 aromatic rings. The molecule has 0 aromatic heterocycles. The quantitative estimate of drug-likeness (QED) is 0.499. The normalized spacial score (nSPS) is 23.6. The molecule has 4 aliphatic rings. The van der Waals surface area contributed by atoms with Crippen LogP contribution in [-0.2, 0) is 9.47 Å². The summed E-state index contributed by atoms with van der Waals surface area (Å²) >= 11 is 0. The van der Waals surface area contributed by atoms with Crippen LogP contribution in [0.3, 0.4) is 0 Å². The first-order chi connectivity index (χ1) is 11.9. The second kappa shape index (κ2) is 7.63. The largest absolute Gasteiger partial charge is 0.450 e. The lowest BCUT2D eigenvalue weighted by Crippen LogP contribution is -2.22. The number of rotatable bonds is 7. The van der Waals surface area contributed by atoms with Crippen LogP contribution in [0.1, 0.15) is 77.0 Å². The van der Waals surface area contributed by atoms with E-state index in [9.17, 15) is 0 Å². The zero-order valence-electron chi connectivity index (χ0n) is 14.7. The van der Waals surface area contributed by atoms with Crippen LogP contribution >= 0.6 is 0 Å². The van der Waals surface area contributed by atoms with Crippen molar-refractivity contribution in [1.82, 2.24) is 0 Å². The minimum atomic E-state index is 0.248. The van der Waals surface area contributed by atoms with E-state index >= 15 is 0 Å². The van der Waals surface area contributed by atoms with Crippen molar-refractivity contribution in [1.29, 1.82) is 0 Å². The molecule has 4 aliphatic carbocycles. The third kappa shape index (κ3) is 3.63. The summed E-state index contributed by atoms with van der Waals surface area (Å²) in [6.07, 6.45) is 24.4. The minimum absolute atomic E-state index is 0.248. The Labute approximate surface area is 146 Å². The molecule has 0 spiro atoms. The molecule has 0 aliphatic heterocycles. The van der Waals surface area contributed by atoms with Gasteiger partial charge in [-0.2, -0.15) is 0 Å². The Kier molecular flexibility index (Phi) is 5.10.